The Balaban J connectivity index is 2.10. The molecule has 0 aromatic carbocycles. The fourth-order valence-corrected chi connectivity index (χ4v) is 3.22. The molecular formula is C15H27N3. The minimum atomic E-state index is 0.436. The monoisotopic (exact) mass is 249 g/mol. The van der Waals surface area contributed by atoms with Gasteiger partial charge in [-0.1, -0.05) is 27.2 Å². The summed E-state index contributed by atoms with van der Waals surface area (Å²) in [5.41, 5.74) is 1.21. The number of aromatic nitrogens is 2. The molecule has 3 nitrogen and oxygen atoms in total. The van der Waals surface area contributed by atoms with Crippen LogP contribution in [0, 0.1) is 17.8 Å². The highest BCUT2D eigenvalue weighted by Crippen LogP contribution is 2.39. The lowest BCUT2D eigenvalue weighted by atomic mass is 9.72. The van der Waals surface area contributed by atoms with Crippen molar-refractivity contribution in [3.8, 4) is 0 Å². The van der Waals surface area contributed by atoms with Gasteiger partial charge in [-0.25, -0.2) is 0 Å². The van der Waals surface area contributed by atoms with E-state index in [0.29, 0.717) is 6.04 Å². The average Bonchev–Trinajstić information content (AvgIpc) is 2.76. The molecule has 1 aliphatic carbocycles. The molecule has 4 atom stereocenters. The summed E-state index contributed by atoms with van der Waals surface area (Å²) >= 11 is 0. The second-order valence-corrected chi connectivity index (χ2v) is 5.98. The zero-order chi connectivity index (χ0) is 13.1. The van der Waals surface area contributed by atoms with Gasteiger partial charge in [0.25, 0.3) is 0 Å². The number of nitrogens with one attached hydrogen (secondary N) is 1. The smallest absolute Gasteiger partial charge is 0.0796 e. The summed E-state index contributed by atoms with van der Waals surface area (Å²) in [5.74, 6) is 2.46. The summed E-state index contributed by atoms with van der Waals surface area (Å²) < 4.78 is 1.91. The molecule has 1 aromatic rings. The van der Waals surface area contributed by atoms with Crippen LogP contribution in [0.3, 0.4) is 0 Å². The van der Waals surface area contributed by atoms with E-state index in [1.807, 2.05) is 11.7 Å². The van der Waals surface area contributed by atoms with Crippen LogP contribution < -0.4 is 5.32 Å². The molecule has 1 saturated carbocycles. The van der Waals surface area contributed by atoms with E-state index in [2.05, 4.69) is 43.4 Å². The molecule has 18 heavy (non-hydrogen) atoms. The van der Waals surface area contributed by atoms with Crippen LogP contribution in [0.25, 0.3) is 0 Å². The van der Waals surface area contributed by atoms with E-state index in [0.717, 1.165) is 24.3 Å². The van der Waals surface area contributed by atoms with Crippen molar-refractivity contribution in [2.75, 3.05) is 6.54 Å². The van der Waals surface area contributed by atoms with Gasteiger partial charge in [0, 0.05) is 13.2 Å². The van der Waals surface area contributed by atoms with Crippen LogP contribution in [0.5, 0.6) is 0 Å². The van der Waals surface area contributed by atoms with Crippen molar-refractivity contribution in [3.63, 3.8) is 0 Å². The van der Waals surface area contributed by atoms with Gasteiger partial charge in [0.1, 0.15) is 0 Å². The molecule has 1 N–H and O–H groups in total. The summed E-state index contributed by atoms with van der Waals surface area (Å²) in [6, 6.07) is 2.60. The van der Waals surface area contributed by atoms with E-state index in [1.165, 1.54) is 25.0 Å². The lowest BCUT2D eigenvalue weighted by Crippen LogP contribution is -2.33. The highest BCUT2D eigenvalue weighted by Gasteiger charge is 2.31. The Bertz CT molecular complexity index is 372. The highest BCUT2D eigenvalue weighted by atomic mass is 15.3. The first-order valence-electron chi connectivity index (χ1n) is 7.34. The zero-order valence-corrected chi connectivity index (χ0v) is 12.2. The molecule has 102 valence electrons. The van der Waals surface area contributed by atoms with Gasteiger partial charge in [0.05, 0.1) is 11.7 Å². The van der Waals surface area contributed by atoms with Crippen molar-refractivity contribution in [1.29, 1.82) is 0 Å². The van der Waals surface area contributed by atoms with E-state index in [4.69, 9.17) is 0 Å². The molecule has 2 rings (SSSR count). The van der Waals surface area contributed by atoms with Crippen molar-refractivity contribution in [1.82, 2.24) is 15.1 Å². The lowest BCUT2D eigenvalue weighted by molar-refractivity contribution is 0.170. The topological polar surface area (TPSA) is 29.9 Å². The maximum Gasteiger partial charge on any atom is 0.0796 e. The van der Waals surface area contributed by atoms with Gasteiger partial charge < -0.3 is 5.32 Å². The van der Waals surface area contributed by atoms with Gasteiger partial charge >= 0.3 is 0 Å². The lowest BCUT2D eigenvalue weighted by Gasteiger charge is -2.36. The van der Waals surface area contributed by atoms with Gasteiger partial charge in [0.2, 0.25) is 0 Å². The predicted octanol–water partition coefficient (Wildman–Crippen LogP) is 3.14. The third-order valence-corrected chi connectivity index (χ3v) is 4.59. The molecule has 1 heterocycles. The zero-order valence-electron chi connectivity index (χ0n) is 12.2. The molecule has 0 spiro atoms. The Morgan fingerprint density at radius 2 is 2.17 bits per heavy atom. The molecule has 0 aliphatic heterocycles. The fraction of sp³-hybridized carbons (Fsp3) is 0.800. The van der Waals surface area contributed by atoms with Crippen molar-refractivity contribution >= 4 is 0 Å². The summed E-state index contributed by atoms with van der Waals surface area (Å²) in [7, 11) is 2.00. The van der Waals surface area contributed by atoms with Crippen LogP contribution >= 0.6 is 0 Å². The molecule has 0 amide bonds. The Hall–Kier alpha value is -0.830. The Morgan fingerprint density at radius 1 is 1.39 bits per heavy atom. The normalized spacial score (nSPS) is 30.3. The molecule has 0 radical (unpaired) electrons. The first-order valence-corrected chi connectivity index (χ1v) is 7.34. The van der Waals surface area contributed by atoms with E-state index in [-0.39, 0.29) is 0 Å². The van der Waals surface area contributed by atoms with Gasteiger partial charge in [0.15, 0.2) is 0 Å². The number of nitrogens with zero attached hydrogens (tertiary/aromatic N) is 2. The number of aryl methyl sites for hydroxylation is 1. The first-order chi connectivity index (χ1) is 8.61. The molecule has 0 bridgehead atoms. The largest absolute Gasteiger partial charge is 0.309 e. The summed E-state index contributed by atoms with van der Waals surface area (Å²) in [4.78, 5) is 0. The van der Waals surface area contributed by atoms with Crippen molar-refractivity contribution < 1.29 is 0 Å². The Labute approximate surface area is 111 Å². The predicted molar refractivity (Wildman–Crippen MR) is 75.3 cm³/mol. The SMILES string of the molecule is CCNC(c1ccn(C)n1)C1CCC(C)C(C)C1. The van der Waals surface area contributed by atoms with Crippen LogP contribution in [0.1, 0.15) is 51.8 Å². The minimum Gasteiger partial charge on any atom is -0.309 e. The van der Waals surface area contributed by atoms with Crippen molar-refractivity contribution in [3.05, 3.63) is 18.0 Å². The first kappa shape index (κ1) is 13.6. The van der Waals surface area contributed by atoms with Crippen molar-refractivity contribution in [2.45, 2.75) is 46.1 Å². The van der Waals surface area contributed by atoms with Crippen LogP contribution in [-0.4, -0.2) is 16.3 Å². The second kappa shape index (κ2) is 5.87. The molecule has 4 unspecified atom stereocenters. The minimum absolute atomic E-state index is 0.436. The fourth-order valence-electron chi connectivity index (χ4n) is 3.22. The van der Waals surface area contributed by atoms with Crippen LogP contribution in [0.4, 0.5) is 0 Å². The van der Waals surface area contributed by atoms with Crippen LogP contribution in [0.2, 0.25) is 0 Å². The maximum atomic E-state index is 4.60. The summed E-state index contributed by atoms with van der Waals surface area (Å²) in [6.45, 7) is 7.99. The van der Waals surface area contributed by atoms with Crippen molar-refractivity contribution in [2.24, 2.45) is 24.8 Å². The van der Waals surface area contributed by atoms with Gasteiger partial charge in [-0.2, -0.15) is 5.10 Å². The Morgan fingerprint density at radius 3 is 2.72 bits per heavy atom. The molecule has 3 heteroatoms. The van der Waals surface area contributed by atoms with E-state index in [9.17, 15) is 0 Å². The standard InChI is InChI=1S/C15H27N3/c1-5-16-15(14-8-9-18(4)17-14)13-7-6-11(2)12(3)10-13/h8-9,11-13,15-16H,5-7,10H2,1-4H3. The van der Waals surface area contributed by atoms with Gasteiger partial charge in [-0.3, -0.25) is 4.68 Å². The number of hydrogen-bond donors (Lipinski definition) is 1. The number of hydrogen-bond acceptors (Lipinski definition) is 2. The summed E-state index contributed by atoms with van der Waals surface area (Å²) in [5, 5.41) is 8.24. The molecule has 1 aromatic heterocycles. The van der Waals surface area contributed by atoms with Crippen LogP contribution in [0.15, 0.2) is 12.3 Å². The van der Waals surface area contributed by atoms with Gasteiger partial charge in [-0.05, 0) is 43.2 Å². The second-order valence-electron chi connectivity index (χ2n) is 5.98. The highest BCUT2D eigenvalue weighted by molar-refractivity contribution is 5.08. The molecule has 1 fully saturated rings. The molecule has 0 saturated heterocycles. The molecule has 1 aliphatic rings. The third kappa shape index (κ3) is 2.94. The van der Waals surface area contributed by atoms with E-state index in [1.54, 1.807) is 0 Å². The van der Waals surface area contributed by atoms with Crippen LogP contribution in [-0.2, 0) is 7.05 Å². The summed E-state index contributed by atoms with van der Waals surface area (Å²) in [6.07, 6.45) is 6.07. The maximum absolute atomic E-state index is 4.60. The van der Waals surface area contributed by atoms with Gasteiger partial charge in [-0.15, -0.1) is 0 Å². The molecular weight excluding hydrogens is 222 g/mol. The Kier molecular flexibility index (Phi) is 4.44. The quantitative estimate of drug-likeness (QED) is 0.888. The number of rotatable bonds is 4. The third-order valence-electron chi connectivity index (χ3n) is 4.59. The van der Waals surface area contributed by atoms with E-state index < -0.39 is 0 Å². The van der Waals surface area contributed by atoms with E-state index >= 15 is 0 Å². The average molecular weight is 249 g/mol.